The number of anilines is 3. The quantitative estimate of drug-likeness (QED) is 0.406. The van der Waals surface area contributed by atoms with Crippen molar-refractivity contribution >= 4 is 39.1 Å². The molecule has 4 aromatic rings. The van der Waals surface area contributed by atoms with Gasteiger partial charge in [0.25, 0.3) is 0 Å². The van der Waals surface area contributed by atoms with Crippen LogP contribution in [0.3, 0.4) is 0 Å². The van der Waals surface area contributed by atoms with Crippen LogP contribution < -0.4 is 11.1 Å². The molecule has 0 spiro atoms. The van der Waals surface area contributed by atoms with E-state index >= 15 is 0 Å². The van der Waals surface area contributed by atoms with E-state index in [1.54, 1.807) is 16.0 Å². The van der Waals surface area contributed by atoms with E-state index in [1.165, 1.54) is 63.6 Å². The van der Waals surface area contributed by atoms with Crippen LogP contribution in [0.5, 0.6) is 0 Å². The highest BCUT2D eigenvalue weighted by Crippen LogP contribution is 2.47. The largest absolute Gasteiger partial charge is 0.368 e. The van der Waals surface area contributed by atoms with Gasteiger partial charge in [0.2, 0.25) is 11.9 Å². The van der Waals surface area contributed by atoms with Crippen molar-refractivity contribution in [2.24, 2.45) is 11.8 Å². The Morgan fingerprint density at radius 2 is 1.94 bits per heavy atom. The van der Waals surface area contributed by atoms with E-state index in [0.717, 1.165) is 39.3 Å². The predicted octanol–water partition coefficient (Wildman–Crippen LogP) is 4.67. The maximum Gasteiger partial charge on any atom is 0.248 e. The van der Waals surface area contributed by atoms with Crippen LogP contribution in [0.1, 0.15) is 55.7 Å². The summed E-state index contributed by atoms with van der Waals surface area (Å²) in [5, 5.41) is 9.87. The Morgan fingerprint density at radius 1 is 1.06 bits per heavy atom. The maximum atomic E-state index is 6.20. The number of nitrogen functional groups attached to an aromatic ring is 1. The molecule has 0 radical (unpaired) electrons. The van der Waals surface area contributed by atoms with Crippen LogP contribution in [-0.2, 0) is 0 Å². The van der Waals surface area contributed by atoms with Crippen molar-refractivity contribution in [3.63, 3.8) is 0 Å². The summed E-state index contributed by atoms with van der Waals surface area (Å²) >= 11 is 1.58. The lowest BCUT2D eigenvalue weighted by atomic mass is 9.88. The van der Waals surface area contributed by atoms with Crippen LogP contribution in [0.15, 0.2) is 30.0 Å². The van der Waals surface area contributed by atoms with Crippen molar-refractivity contribution in [1.29, 1.82) is 0 Å². The molecule has 3 unspecified atom stereocenters. The predicted molar refractivity (Wildman–Crippen MR) is 142 cm³/mol. The Bertz CT molecular complexity index is 1390. The molecule has 3 N–H and O–H groups in total. The normalized spacial score (nSPS) is 24.6. The molecule has 3 aliphatic rings. The molecule has 2 bridgehead atoms. The minimum absolute atomic E-state index is 0.273. The van der Waals surface area contributed by atoms with E-state index in [1.807, 2.05) is 13.1 Å². The average molecular weight is 502 g/mol. The van der Waals surface area contributed by atoms with E-state index in [4.69, 9.17) is 10.7 Å². The Hall–Kier alpha value is -3.11. The second-order valence-corrected chi connectivity index (χ2v) is 11.5. The van der Waals surface area contributed by atoms with E-state index in [9.17, 15) is 0 Å². The SMILES string of the molecule is Cc1csc2c(-n3nc(Nc4ccc(C5CCN(C6CC7CCC6C7)CC5)nc4)nc3N)ncnc12. The third-order valence-corrected chi connectivity index (χ3v) is 9.59. The first-order valence-electron chi connectivity index (χ1n) is 13.0. The number of thiophene rings is 1. The first kappa shape index (κ1) is 22.1. The minimum atomic E-state index is 0.273. The number of fused-ring (bicyclic) bond motifs is 3. The van der Waals surface area contributed by atoms with Crippen LogP contribution in [0.4, 0.5) is 17.6 Å². The van der Waals surface area contributed by atoms with Crippen molar-refractivity contribution in [1.82, 2.24) is 34.6 Å². The molecule has 0 amide bonds. The summed E-state index contributed by atoms with van der Waals surface area (Å²) in [7, 11) is 0. The van der Waals surface area contributed by atoms with Crippen molar-refractivity contribution < 1.29 is 0 Å². The van der Waals surface area contributed by atoms with Gasteiger partial charge in [-0.3, -0.25) is 4.98 Å². The van der Waals surface area contributed by atoms with E-state index in [-0.39, 0.29) is 5.95 Å². The van der Waals surface area contributed by atoms with E-state index in [0.29, 0.717) is 17.7 Å². The van der Waals surface area contributed by atoms with Crippen molar-refractivity contribution in [3.8, 4) is 5.82 Å². The van der Waals surface area contributed by atoms with Gasteiger partial charge in [-0.1, -0.05) is 6.42 Å². The molecule has 36 heavy (non-hydrogen) atoms. The average Bonchev–Trinajstić information content (AvgIpc) is 3.70. The summed E-state index contributed by atoms with van der Waals surface area (Å²) in [6.45, 7) is 4.45. The maximum absolute atomic E-state index is 6.20. The number of hydrogen-bond acceptors (Lipinski definition) is 9. The molecule has 1 saturated heterocycles. The Kier molecular flexibility index (Phi) is 5.39. The van der Waals surface area contributed by atoms with Gasteiger partial charge in [0.15, 0.2) is 5.82 Å². The highest BCUT2D eigenvalue weighted by Gasteiger charge is 2.42. The monoisotopic (exact) mass is 501 g/mol. The molecule has 1 aliphatic heterocycles. The topological polar surface area (TPSA) is 111 Å². The zero-order chi connectivity index (χ0) is 24.2. The molecular weight excluding hydrogens is 470 g/mol. The number of hydrogen-bond donors (Lipinski definition) is 2. The first-order valence-corrected chi connectivity index (χ1v) is 13.9. The van der Waals surface area contributed by atoms with Gasteiger partial charge < -0.3 is 16.0 Å². The molecule has 2 aliphatic carbocycles. The second-order valence-electron chi connectivity index (χ2n) is 10.6. The van der Waals surface area contributed by atoms with Crippen LogP contribution in [0, 0.1) is 18.8 Å². The summed E-state index contributed by atoms with van der Waals surface area (Å²) < 4.78 is 2.50. The van der Waals surface area contributed by atoms with E-state index < -0.39 is 0 Å². The zero-order valence-electron chi connectivity index (χ0n) is 20.5. The fraction of sp³-hybridized carbons (Fsp3) is 0.500. The lowest BCUT2D eigenvalue weighted by molar-refractivity contribution is 0.110. The summed E-state index contributed by atoms with van der Waals surface area (Å²) in [4.78, 5) is 20.8. The van der Waals surface area contributed by atoms with Gasteiger partial charge in [-0.25, -0.2) is 9.97 Å². The molecule has 10 heteroatoms. The zero-order valence-corrected chi connectivity index (χ0v) is 21.3. The number of nitrogens with zero attached hydrogens (tertiary/aromatic N) is 7. The van der Waals surface area contributed by atoms with Crippen LogP contribution in [0.25, 0.3) is 16.0 Å². The number of nitrogens with two attached hydrogens (primary N) is 1. The smallest absolute Gasteiger partial charge is 0.248 e. The number of pyridine rings is 1. The summed E-state index contributed by atoms with van der Waals surface area (Å²) in [5.74, 6) is 3.85. The molecule has 0 aromatic carbocycles. The van der Waals surface area contributed by atoms with Gasteiger partial charge >= 0.3 is 0 Å². The molecule has 5 heterocycles. The molecule has 2 saturated carbocycles. The van der Waals surface area contributed by atoms with Crippen LogP contribution >= 0.6 is 11.3 Å². The summed E-state index contributed by atoms with van der Waals surface area (Å²) in [6.07, 6.45) is 11.7. The molecule has 7 rings (SSSR count). The van der Waals surface area contributed by atoms with Gasteiger partial charge in [-0.15, -0.1) is 16.4 Å². The number of piperidine rings is 1. The Labute approximate surface area is 214 Å². The third-order valence-electron chi connectivity index (χ3n) is 8.51. The number of likely N-dealkylation sites (tertiary alicyclic amines) is 1. The molecule has 186 valence electrons. The first-order chi connectivity index (χ1) is 17.6. The van der Waals surface area contributed by atoms with Gasteiger partial charge in [0, 0.05) is 17.7 Å². The summed E-state index contributed by atoms with van der Waals surface area (Å²) in [5.41, 5.74) is 10.2. The lowest BCUT2D eigenvalue weighted by Crippen LogP contribution is -2.43. The number of aryl methyl sites for hydroxylation is 1. The van der Waals surface area contributed by atoms with Gasteiger partial charge in [-0.2, -0.15) is 9.67 Å². The highest BCUT2D eigenvalue weighted by molar-refractivity contribution is 7.17. The summed E-state index contributed by atoms with van der Waals surface area (Å²) in [6, 6.07) is 5.06. The highest BCUT2D eigenvalue weighted by atomic mass is 32.1. The number of rotatable bonds is 5. The number of aromatic nitrogens is 6. The van der Waals surface area contributed by atoms with Gasteiger partial charge in [0.05, 0.1) is 22.1 Å². The molecular formula is C26H31N9S. The second kappa shape index (κ2) is 8.77. The lowest BCUT2D eigenvalue weighted by Gasteiger charge is -2.39. The standard InChI is InChI=1S/C26H31N9S/c1-15-13-36-23-22(15)29-14-30-24(23)35-25(27)32-26(33-35)31-19-4-5-20(28-12-19)17-6-8-34(9-7-17)21-11-16-2-3-18(21)10-16/h4-5,12-14,16-18,21H,2-3,6-11H2,1H3,(H3,27,31,32,33). The van der Waals surface area contributed by atoms with Gasteiger partial charge in [0.1, 0.15) is 6.33 Å². The number of nitrogens with one attached hydrogen (secondary N) is 1. The molecule has 9 nitrogen and oxygen atoms in total. The Morgan fingerprint density at radius 3 is 2.69 bits per heavy atom. The third kappa shape index (κ3) is 3.83. The van der Waals surface area contributed by atoms with Crippen LogP contribution in [-0.4, -0.2) is 53.7 Å². The van der Waals surface area contributed by atoms with Crippen LogP contribution in [0.2, 0.25) is 0 Å². The fourth-order valence-electron chi connectivity index (χ4n) is 6.68. The Balaban J connectivity index is 1.02. The fourth-order valence-corrected chi connectivity index (χ4v) is 7.65. The van der Waals surface area contributed by atoms with Gasteiger partial charge in [-0.05, 0) is 87.0 Å². The van der Waals surface area contributed by atoms with Crippen molar-refractivity contribution in [2.45, 2.75) is 57.4 Å². The van der Waals surface area contributed by atoms with E-state index in [2.05, 4.69) is 47.8 Å². The molecule has 4 aromatic heterocycles. The molecule has 3 fully saturated rings. The van der Waals surface area contributed by atoms with Crippen molar-refractivity contribution in [2.75, 3.05) is 24.1 Å². The van der Waals surface area contributed by atoms with Crippen molar-refractivity contribution in [3.05, 3.63) is 41.3 Å². The molecule has 3 atom stereocenters. The minimum Gasteiger partial charge on any atom is -0.368 e.